The Labute approximate surface area is 190 Å². The van der Waals surface area contributed by atoms with E-state index in [4.69, 9.17) is 0 Å². The summed E-state index contributed by atoms with van der Waals surface area (Å²) < 4.78 is 2.29. The van der Waals surface area contributed by atoms with Gasteiger partial charge in [0.1, 0.15) is 0 Å². The van der Waals surface area contributed by atoms with Crippen LogP contribution in [-0.2, 0) is 7.05 Å². The van der Waals surface area contributed by atoms with E-state index in [0.717, 1.165) is 24.1 Å². The van der Waals surface area contributed by atoms with Crippen molar-refractivity contribution in [2.24, 2.45) is 13.0 Å². The lowest BCUT2D eigenvalue weighted by atomic mass is 9.92. The van der Waals surface area contributed by atoms with Crippen LogP contribution >= 0.6 is 0 Å². The highest BCUT2D eigenvalue weighted by molar-refractivity contribution is 6.02. The van der Waals surface area contributed by atoms with Crippen LogP contribution in [0.3, 0.4) is 0 Å². The third-order valence-corrected chi connectivity index (χ3v) is 6.75. The van der Waals surface area contributed by atoms with Gasteiger partial charge in [0.25, 0.3) is 5.91 Å². The predicted octanol–water partition coefficient (Wildman–Crippen LogP) is 6.75. The number of carbonyl (C=O) groups excluding carboxylic acids is 1. The summed E-state index contributed by atoms with van der Waals surface area (Å²) in [5.41, 5.74) is 8.00. The van der Waals surface area contributed by atoms with Crippen LogP contribution in [0.1, 0.15) is 53.4 Å². The summed E-state index contributed by atoms with van der Waals surface area (Å²) in [6, 6.07) is 25.4. The van der Waals surface area contributed by atoms with E-state index < -0.39 is 0 Å². The normalized spacial score (nSPS) is 15.7. The van der Waals surface area contributed by atoms with E-state index in [2.05, 4.69) is 97.9 Å². The van der Waals surface area contributed by atoms with Gasteiger partial charge < -0.3 is 9.47 Å². The first-order chi connectivity index (χ1) is 15.5. The Balaban J connectivity index is 1.79. The number of para-hydroxylation sites is 1. The van der Waals surface area contributed by atoms with E-state index in [1.807, 2.05) is 12.1 Å². The highest BCUT2D eigenvalue weighted by Gasteiger charge is 2.40. The van der Waals surface area contributed by atoms with Crippen molar-refractivity contribution >= 4 is 16.8 Å². The van der Waals surface area contributed by atoms with Gasteiger partial charge in [0, 0.05) is 35.6 Å². The SMILES string of the molecule is Cc1ccc(-c2c([C@@H]3c4ccccc4C(=O)N3CCC(C)C)c3ccccc3n2C)cc1. The highest BCUT2D eigenvalue weighted by Crippen LogP contribution is 2.46. The van der Waals surface area contributed by atoms with Crippen molar-refractivity contribution < 1.29 is 4.79 Å². The average molecular weight is 423 g/mol. The van der Waals surface area contributed by atoms with E-state index in [1.54, 1.807) is 0 Å². The second-order valence-corrected chi connectivity index (χ2v) is 9.38. The number of amides is 1. The lowest BCUT2D eigenvalue weighted by Gasteiger charge is -2.27. The molecule has 1 aliphatic heterocycles. The van der Waals surface area contributed by atoms with Gasteiger partial charge >= 0.3 is 0 Å². The Bertz CT molecular complexity index is 1300. The van der Waals surface area contributed by atoms with Crippen molar-refractivity contribution in [2.45, 2.75) is 33.2 Å². The van der Waals surface area contributed by atoms with Crippen LogP contribution in [0, 0.1) is 12.8 Å². The molecule has 0 unspecified atom stereocenters. The van der Waals surface area contributed by atoms with E-state index >= 15 is 0 Å². The lowest BCUT2D eigenvalue weighted by Crippen LogP contribution is -2.30. The second kappa shape index (κ2) is 7.98. The molecule has 0 fully saturated rings. The zero-order valence-electron chi connectivity index (χ0n) is 19.3. The summed E-state index contributed by atoms with van der Waals surface area (Å²) >= 11 is 0. The highest BCUT2D eigenvalue weighted by atomic mass is 16.2. The molecule has 1 aromatic heterocycles. The molecule has 0 N–H and O–H groups in total. The largest absolute Gasteiger partial charge is 0.343 e. The van der Waals surface area contributed by atoms with Gasteiger partial charge in [-0.25, -0.2) is 0 Å². The molecule has 0 saturated heterocycles. The molecule has 3 aromatic carbocycles. The smallest absolute Gasteiger partial charge is 0.255 e. The third-order valence-electron chi connectivity index (χ3n) is 6.75. The number of hydrogen-bond donors (Lipinski definition) is 0. The van der Waals surface area contributed by atoms with Gasteiger partial charge in [0.2, 0.25) is 0 Å². The minimum Gasteiger partial charge on any atom is -0.343 e. The van der Waals surface area contributed by atoms with Crippen LogP contribution in [-0.4, -0.2) is 21.9 Å². The van der Waals surface area contributed by atoms with E-state index in [1.165, 1.54) is 33.3 Å². The fourth-order valence-corrected chi connectivity index (χ4v) is 5.07. The first-order valence-corrected chi connectivity index (χ1v) is 11.5. The van der Waals surface area contributed by atoms with Gasteiger partial charge in [-0.2, -0.15) is 0 Å². The quantitative estimate of drug-likeness (QED) is 0.349. The molecule has 5 rings (SSSR count). The maximum Gasteiger partial charge on any atom is 0.255 e. The van der Waals surface area contributed by atoms with Crippen LogP contribution < -0.4 is 0 Å². The third kappa shape index (κ3) is 3.24. The molecule has 1 aliphatic rings. The molecule has 3 nitrogen and oxygen atoms in total. The molecule has 1 atom stereocenters. The number of hydrogen-bond acceptors (Lipinski definition) is 1. The summed E-state index contributed by atoms with van der Waals surface area (Å²) in [5, 5.41) is 1.22. The molecule has 32 heavy (non-hydrogen) atoms. The maximum atomic E-state index is 13.5. The van der Waals surface area contributed by atoms with E-state index in [-0.39, 0.29) is 11.9 Å². The Kier molecular flexibility index (Phi) is 5.13. The minimum atomic E-state index is -0.0835. The van der Waals surface area contributed by atoms with Crippen molar-refractivity contribution in [3.05, 3.63) is 95.1 Å². The first-order valence-electron chi connectivity index (χ1n) is 11.5. The number of aromatic nitrogens is 1. The van der Waals surface area contributed by atoms with Gasteiger partial charge in [0.15, 0.2) is 0 Å². The fourth-order valence-electron chi connectivity index (χ4n) is 5.07. The maximum absolute atomic E-state index is 13.5. The van der Waals surface area contributed by atoms with Gasteiger partial charge in [-0.3, -0.25) is 4.79 Å². The molecule has 0 radical (unpaired) electrons. The summed E-state index contributed by atoms with van der Waals surface area (Å²) in [4.78, 5) is 15.6. The molecule has 4 aromatic rings. The molecule has 0 bridgehead atoms. The zero-order valence-corrected chi connectivity index (χ0v) is 19.3. The van der Waals surface area contributed by atoms with Gasteiger partial charge in [-0.05, 0) is 42.5 Å². The Morgan fingerprint density at radius 2 is 1.59 bits per heavy atom. The van der Waals surface area contributed by atoms with Crippen molar-refractivity contribution in [3.8, 4) is 11.3 Å². The van der Waals surface area contributed by atoms with Crippen LogP contribution in [0.2, 0.25) is 0 Å². The average Bonchev–Trinajstić information content (AvgIpc) is 3.24. The fraction of sp³-hybridized carbons (Fsp3) is 0.276. The molecule has 3 heteroatoms. The molecule has 0 saturated carbocycles. The molecule has 1 amide bonds. The van der Waals surface area contributed by atoms with Crippen LogP contribution in [0.15, 0.2) is 72.8 Å². The van der Waals surface area contributed by atoms with Gasteiger partial charge in [-0.1, -0.05) is 80.1 Å². The van der Waals surface area contributed by atoms with Crippen molar-refractivity contribution in [3.63, 3.8) is 0 Å². The summed E-state index contributed by atoms with van der Waals surface area (Å²) in [7, 11) is 2.14. The monoisotopic (exact) mass is 422 g/mol. The van der Waals surface area contributed by atoms with Gasteiger partial charge in [0.05, 0.1) is 11.7 Å². The summed E-state index contributed by atoms with van der Waals surface area (Å²) in [5.74, 6) is 0.685. The van der Waals surface area contributed by atoms with Gasteiger partial charge in [-0.15, -0.1) is 0 Å². The lowest BCUT2D eigenvalue weighted by molar-refractivity contribution is 0.0742. The summed E-state index contributed by atoms with van der Waals surface area (Å²) in [6.45, 7) is 7.31. The number of fused-ring (bicyclic) bond motifs is 2. The standard InChI is InChI=1S/C29H30N2O/c1-19(2)17-18-31-28(22-9-5-6-10-23(22)29(31)32)26-24-11-7-8-12-25(24)30(4)27(26)21-15-13-20(3)14-16-21/h5-16,19,28H,17-18H2,1-4H3/t28-/m0/s1. The minimum absolute atomic E-state index is 0.0835. The first kappa shape index (κ1) is 20.6. The molecule has 0 spiro atoms. The second-order valence-electron chi connectivity index (χ2n) is 9.38. The molecule has 162 valence electrons. The molecular weight excluding hydrogens is 392 g/mol. The van der Waals surface area contributed by atoms with Crippen molar-refractivity contribution in [2.75, 3.05) is 6.54 Å². The number of rotatable bonds is 5. The Morgan fingerprint density at radius 3 is 2.34 bits per heavy atom. The predicted molar refractivity (Wildman–Crippen MR) is 132 cm³/mol. The number of benzene rings is 3. The van der Waals surface area contributed by atoms with E-state index in [0.29, 0.717) is 5.92 Å². The zero-order chi connectivity index (χ0) is 22.4. The van der Waals surface area contributed by atoms with E-state index in [9.17, 15) is 4.79 Å². The Morgan fingerprint density at radius 1 is 0.906 bits per heavy atom. The Hall–Kier alpha value is -3.33. The van der Waals surface area contributed by atoms with Crippen molar-refractivity contribution in [1.29, 1.82) is 0 Å². The summed E-state index contributed by atoms with van der Waals surface area (Å²) in [6.07, 6.45) is 0.987. The number of aryl methyl sites for hydroxylation is 2. The molecular formula is C29H30N2O. The number of carbonyl (C=O) groups is 1. The molecule has 0 aliphatic carbocycles. The van der Waals surface area contributed by atoms with Crippen LogP contribution in [0.5, 0.6) is 0 Å². The van der Waals surface area contributed by atoms with Crippen LogP contribution in [0.25, 0.3) is 22.2 Å². The van der Waals surface area contributed by atoms with Crippen molar-refractivity contribution in [1.82, 2.24) is 9.47 Å². The molecule has 2 heterocycles. The van der Waals surface area contributed by atoms with Crippen LogP contribution in [0.4, 0.5) is 0 Å². The number of nitrogens with zero attached hydrogens (tertiary/aromatic N) is 2. The topological polar surface area (TPSA) is 25.2 Å².